The van der Waals surface area contributed by atoms with Crippen LogP contribution in [0, 0.1) is 6.92 Å². The highest BCUT2D eigenvalue weighted by atomic mass is 19.4. The van der Waals surface area contributed by atoms with Gasteiger partial charge in [-0.1, -0.05) is 24.3 Å². The molecule has 3 aromatic rings. The lowest BCUT2D eigenvalue weighted by molar-refractivity contribution is -0.209. The van der Waals surface area contributed by atoms with Crippen LogP contribution in [0.2, 0.25) is 0 Å². The number of ether oxygens (including phenoxy) is 2. The van der Waals surface area contributed by atoms with Gasteiger partial charge in [0, 0.05) is 32.7 Å². The van der Waals surface area contributed by atoms with Crippen LogP contribution in [0.4, 0.5) is 23.8 Å². The van der Waals surface area contributed by atoms with Gasteiger partial charge < -0.3 is 34.7 Å². The van der Waals surface area contributed by atoms with E-state index in [0.717, 1.165) is 20.7 Å². The number of benzene rings is 1. The summed E-state index contributed by atoms with van der Waals surface area (Å²) in [5.74, 6) is -1.44. The Morgan fingerprint density at radius 1 is 1.15 bits per heavy atom. The Balaban J connectivity index is 1.50. The molecule has 220 valence electrons. The molecule has 41 heavy (non-hydrogen) atoms. The number of aryl methyl sites for hydroxylation is 1. The van der Waals surface area contributed by atoms with Crippen LogP contribution in [0.25, 0.3) is 0 Å². The summed E-state index contributed by atoms with van der Waals surface area (Å²) in [5.41, 5.74) is 7.57. The normalized spacial score (nSPS) is 19.2. The summed E-state index contributed by atoms with van der Waals surface area (Å²) in [6, 6.07) is 6.04. The minimum Gasteiger partial charge on any atom is -0.491 e. The van der Waals surface area contributed by atoms with Crippen molar-refractivity contribution in [3.63, 3.8) is 0 Å². The second kappa shape index (κ2) is 11.4. The maximum absolute atomic E-state index is 14.4. The topological polar surface area (TPSA) is 128 Å². The number of nitrogens with zero attached hydrogens (tertiary/aromatic N) is 4. The van der Waals surface area contributed by atoms with Gasteiger partial charge in [-0.15, -0.1) is 0 Å². The van der Waals surface area contributed by atoms with Crippen LogP contribution in [0.15, 0.2) is 41.0 Å². The van der Waals surface area contributed by atoms with Gasteiger partial charge in [-0.2, -0.15) is 23.0 Å². The third kappa shape index (κ3) is 5.48. The van der Waals surface area contributed by atoms with E-state index in [2.05, 4.69) is 10.4 Å². The predicted molar refractivity (Wildman–Crippen MR) is 141 cm³/mol. The van der Waals surface area contributed by atoms with E-state index < -0.39 is 30.1 Å². The largest absolute Gasteiger partial charge is 0.491 e. The molecule has 0 bridgehead atoms. The average Bonchev–Trinajstić information content (AvgIpc) is 3.53. The molecule has 14 heteroatoms. The zero-order chi connectivity index (χ0) is 29.3. The van der Waals surface area contributed by atoms with Crippen molar-refractivity contribution in [3.05, 3.63) is 64.7 Å². The number of alkyl halides is 3. The van der Waals surface area contributed by atoms with Gasteiger partial charge in [-0.3, -0.25) is 4.79 Å². The zero-order valence-electron chi connectivity index (χ0n) is 22.6. The fraction of sp³-hybridized carbons (Fsp3) is 0.444. The summed E-state index contributed by atoms with van der Waals surface area (Å²) in [6.07, 6.45) is -3.40. The first kappa shape index (κ1) is 28.5. The number of rotatable bonds is 7. The van der Waals surface area contributed by atoms with Crippen molar-refractivity contribution in [2.75, 3.05) is 45.3 Å². The molecule has 2 aliphatic heterocycles. The first-order valence-electron chi connectivity index (χ1n) is 13.1. The summed E-state index contributed by atoms with van der Waals surface area (Å²) in [5, 5.41) is 7.48. The van der Waals surface area contributed by atoms with Gasteiger partial charge in [-0.05, 0) is 24.1 Å². The number of morpholine rings is 1. The molecule has 11 nitrogen and oxygen atoms in total. The van der Waals surface area contributed by atoms with Crippen molar-refractivity contribution >= 4 is 17.8 Å². The lowest BCUT2D eigenvalue weighted by Crippen LogP contribution is -2.66. The quantitative estimate of drug-likeness (QED) is 0.439. The van der Waals surface area contributed by atoms with E-state index in [-0.39, 0.29) is 62.2 Å². The van der Waals surface area contributed by atoms with Gasteiger partial charge in [0.25, 0.3) is 5.91 Å². The summed E-state index contributed by atoms with van der Waals surface area (Å²) < 4.78 is 60.3. The molecule has 5 rings (SSSR count). The van der Waals surface area contributed by atoms with Crippen LogP contribution in [-0.2, 0) is 17.8 Å². The highest BCUT2D eigenvalue weighted by Crippen LogP contribution is 2.48. The number of hydrogen-bond donors (Lipinski definition) is 2. The van der Waals surface area contributed by atoms with Gasteiger partial charge in [0.15, 0.2) is 11.6 Å². The number of halogens is 3. The number of likely N-dealkylation sites (tertiary alicyclic amines) is 1. The van der Waals surface area contributed by atoms with Gasteiger partial charge in [-0.25, -0.2) is 4.79 Å². The standard InChI is InChI=1S/C27H31F3N6O5/c1-16-19(7-10-41-16)25(37)36-24(32-14-18-5-3-17(13-31)4-6-18)22(39-2)21(33-36)20-15-35(23(20)27(28,29)30)26(38)34-8-11-40-12-9-34/h3-7,10,20,23,32H,8-9,11-15,31H2,1-2H3. The van der Waals surface area contributed by atoms with Crippen molar-refractivity contribution in [3.8, 4) is 5.75 Å². The number of carbonyl (C=O) groups excluding carboxylic acids is 2. The van der Waals surface area contributed by atoms with Crippen molar-refractivity contribution in [1.82, 2.24) is 19.6 Å². The Morgan fingerprint density at radius 3 is 2.41 bits per heavy atom. The second-order valence-corrected chi connectivity index (χ2v) is 9.88. The summed E-state index contributed by atoms with van der Waals surface area (Å²) in [4.78, 5) is 28.7. The maximum Gasteiger partial charge on any atom is 0.409 e. The van der Waals surface area contributed by atoms with Crippen molar-refractivity contribution in [2.45, 2.75) is 38.1 Å². The molecule has 2 aliphatic rings. The molecule has 2 amide bonds. The smallest absolute Gasteiger partial charge is 0.409 e. The van der Waals surface area contributed by atoms with Gasteiger partial charge in [0.2, 0.25) is 0 Å². The number of anilines is 1. The average molecular weight is 577 g/mol. The molecule has 2 atom stereocenters. The Morgan fingerprint density at radius 2 is 1.83 bits per heavy atom. The molecule has 0 aliphatic carbocycles. The number of aromatic nitrogens is 2. The van der Waals surface area contributed by atoms with Gasteiger partial charge in [0.05, 0.1) is 38.1 Å². The lowest BCUT2D eigenvalue weighted by atomic mass is 9.85. The summed E-state index contributed by atoms with van der Waals surface area (Å²) in [6.45, 7) is 2.90. The number of methoxy groups -OCH3 is 1. The Labute approximate surface area is 234 Å². The van der Waals surface area contributed by atoms with Crippen molar-refractivity contribution in [2.24, 2.45) is 5.73 Å². The molecule has 2 fully saturated rings. The number of carbonyl (C=O) groups is 2. The third-order valence-electron chi connectivity index (χ3n) is 7.40. The highest BCUT2D eigenvalue weighted by Gasteiger charge is 2.60. The van der Waals surface area contributed by atoms with E-state index in [1.54, 1.807) is 6.92 Å². The number of hydrogen-bond acceptors (Lipinski definition) is 8. The van der Waals surface area contributed by atoms with Crippen LogP contribution in [-0.4, -0.2) is 83.7 Å². The summed E-state index contributed by atoms with van der Waals surface area (Å²) >= 11 is 0. The Hall–Kier alpha value is -4.04. The van der Waals surface area contributed by atoms with Crippen LogP contribution in [0.5, 0.6) is 5.75 Å². The minimum absolute atomic E-state index is 0.00389. The molecular weight excluding hydrogens is 545 g/mol. The van der Waals surface area contributed by atoms with E-state index in [1.165, 1.54) is 24.3 Å². The molecule has 0 radical (unpaired) electrons. The van der Waals surface area contributed by atoms with Crippen molar-refractivity contribution < 1.29 is 36.7 Å². The predicted octanol–water partition coefficient (Wildman–Crippen LogP) is 3.33. The van der Waals surface area contributed by atoms with Gasteiger partial charge in [0.1, 0.15) is 17.5 Å². The van der Waals surface area contributed by atoms with Crippen molar-refractivity contribution in [1.29, 1.82) is 0 Å². The maximum atomic E-state index is 14.4. The molecule has 0 saturated carbocycles. The zero-order valence-corrected chi connectivity index (χ0v) is 22.6. The van der Waals surface area contributed by atoms with Crippen LogP contribution in [0.1, 0.15) is 38.9 Å². The molecule has 0 spiro atoms. The molecule has 3 N–H and O–H groups in total. The van der Waals surface area contributed by atoms with Crippen LogP contribution in [0.3, 0.4) is 0 Å². The number of urea groups is 1. The van der Waals surface area contributed by atoms with Gasteiger partial charge >= 0.3 is 12.2 Å². The first-order chi connectivity index (χ1) is 19.6. The molecule has 1 aromatic carbocycles. The fourth-order valence-electron chi connectivity index (χ4n) is 5.15. The highest BCUT2D eigenvalue weighted by molar-refractivity contribution is 5.98. The summed E-state index contributed by atoms with van der Waals surface area (Å²) in [7, 11) is 1.30. The van der Waals surface area contributed by atoms with Crippen LogP contribution >= 0.6 is 0 Å². The number of nitrogens with two attached hydrogens (primary N) is 1. The van der Waals surface area contributed by atoms with E-state index in [0.29, 0.717) is 12.3 Å². The molecule has 2 unspecified atom stereocenters. The molecule has 2 aromatic heterocycles. The molecular formula is C27H31F3N6O5. The Kier molecular flexibility index (Phi) is 7.95. The number of furan rings is 1. The molecule has 4 heterocycles. The van der Waals surface area contributed by atoms with E-state index in [1.807, 2.05) is 24.3 Å². The SMILES string of the molecule is COc1c(C2CN(C(=O)N3CCOCC3)C2C(F)(F)F)nn(C(=O)c2ccoc2C)c1NCc1ccc(CN)cc1. The van der Waals surface area contributed by atoms with E-state index in [9.17, 15) is 22.8 Å². The van der Waals surface area contributed by atoms with Crippen LogP contribution < -0.4 is 15.8 Å². The number of nitrogens with one attached hydrogen (secondary N) is 1. The minimum atomic E-state index is -4.75. The number of amides is 2. The first-order valence-corrected chi connectivity index (χ1v) is 13.1. The monoisotopic (exact) mass is 576 g/mol. The third-order valence-corrected chi connectivity index (χ3v) is 7.40. The van der Waals surface area contributed by atoms with E-state index in [4.69, 9.17) is 19.6 Å². The van der Waals surface area contributed by atoms with E-state index >= 15 is 0 Å². The Bertz CT molecular complexity index is 1400. The molecule has 2 saturated heterocycles. The second-order valence-electron chi connectivity index (χ2n) is 9.88. The lowest BCUT2D eigenvalue weighted by Gasteiger charge is -2.49. The fourth-order valence-corrected chi connectivity index (χ4v) is 5.15.